The van der Waals surface area contributed by atoms with Crippen LogP contribution in [-0.2, 0) is 0 Å². The lowest BCUT2D eigenvalue weighted by Gasteiger charge is -2.13. The van der Waals surface area contributed by atoms with Gasteiger partial charge in [-0.3, -0.25) is 9.13 Å². The predicted molar refractivity (Wildman–Crippen MR) is 122 cm³/mol. The van der Waals surface area contributed by atoms with Crippen LogP contribution >= 0.6 is 0 Å². The summed E-state index contributed by atoms with van der Waals surface area (Å²) >= 11 is 0. The topological polar surface area (TPSA) is 9.86 Å². The van der Waals surface area contributed by atoms with Crippen molar-refractivity contribution in [3.8, 4) is 11.4 Å². The molecule has 2 nitrogen and oxygen atoms in total. The van der Waals surface area contributed by atoms with Gasteiger partial charge in [0.2, 0.25) is 0 Å². The molecule has 29 heavy (non-hydrogen) atoms. The van der Waals surface area contributed by atoms with E-state index in [1.54, 1.807) is 0 Å². The second-order valence-corrected chi connectivity index (χ2v) is 7.58. The molecule has 0 fully saturated rings. The monoisotopic (exact) mass is 372 g/mol. The normalized spacial score (nSPS) is 11.6. The van der Waals surface area contributed by atoms with Crippen LogP contribution in [0.3, 0.4) is 0 Å². The minimum atomic E-state index is 1.18. The molecular formula is C27H20N2. The van der Waals surface area contributed by atoms with E-state index in [9.17, 15) is 0 Å². The van der Waals surface area contributed by atoms with Crippen molar-refractivity contribution >= 4 is 32.8 Å². The van der Waals surface area contributed by atoms with Crippen LogP contribution in [0.4, 0.5) is 0 Å². The number of aromatic nitrogens is 2. The Kier molecular flexibility index (Phi) is 3.41. The van der Waals surface area contributed by atoms with Gasteiger partial charge in [0.05, 0.1) is 11.0 Å². The summed E-state index contributed by atoms with van der Waals surface area (Å²) in [7, 11) is 0. The third kappa shape index (κ3) is 2.29. The number of benzene rings is 4. The van der Waals surface area contributed by atoms with Crippen molar-refractivity contribution < 1.29 is 0 Å². The zero-order valence-electron chi connectivity index (χ0n) is 16.2. The van der Waals surface area contributed by atoms with Gasteiger partial charge in [0, 0.05) is 27.5 Å². The summed E-state index contributed by atoms with van der Waals surface area (Å²) in [4.78, 5) is 0. The number of hydrogen-bond acceptors (Lipinski definition) is 0. The van der Waals surface area contributed by atoms with Crippen molar-refractivity contribution in [1.29, 1.82) is 0 Å². The predicted octanol–water partition coefficient (Wildman–Crippen LogP) is 7.04. The Hall–Kier alpha value is -3.78. The van der Waals surface area contributed by atoms with Crippen LogP contribution in [0.15, 0.2) is 103 Å². The van der Waals surface area contributed by atoms with E-state index in [1.165, 1.54) is 49.8 Å². The van der Waals surface area contributed by atoms with Gasteiger partial charge in [-0.05, 0) is 48.9 Å². The lowest BCUT2D eigenvalue weighted by atomic mass is 10.1. The molecule has 0 bridgehead atoms. The smallest absolute Gasteiger partial charge is 0.131 e. The highest BCUT2D eigenvalue weighted by atomic mass is 15.1. The number of aryl methyl sites for hydroxylation is 1. The lowest BCUT2D eigenvalue weighted by molar-refractivity contribution is 1.06. The first kappa shape index (κ1) is 16.2. The van der Waals surface area contributed by atoms with Crippen molar-refractivity contribution in [3.05, 3.63) is 109 Å². The van der Waals surface area contributed by atoms with E-state index in [-0.39, 0.29) is 0 Å². The molecule has 6 rings (SSSR count). The quantitative estimate of drug-likeness (QED) is 0.309. The maximum atomic E-state index is 2.41. The fourth-order valence-corrected chi connectivity index (χ4v) is 4.56. The largest absolute Gasteiger partial charge is 0.295 e. The highest BCUT2D eigenvalue weighted by Gasteiger charge is 2.21. The average molecular weight is 372 g/mol. The first-order valence-corrected chi connectivity index (χ1v) is 9.98. The van der Waals surface area contributed by atoms with E-state index in [0.29, 0.717) is 0 Å². The fraction of sp³-hybridized carbons (Fsp3) is 0.0370. The van der Waals surface area contributed by atoms with E-state index in [4.69, 9.17) is 0 Å². The number of para-hydroxylation sites is 3. The molecule has 0 aliphatic rings. The van der Waals surface area contributed by atoms with Gasteiger partial charge in [-0.1, -0.05) is 66.7 Å². The Balaban J connectivity index is 1.91. The molecule has 138 valence electrons. The SMILES string of the molecule is Cc1cccc(-n2c3ccccc3c3c4ccccc4n(-c4ccccc4)c32)c1. The van der Waals surface area contributed by atoms with Gasteiger partial charge in [-0.2, -0.15) is 0 Å². The van der Waals surface area contributed by atoms with Crippen molar-refractivity contribution in [2.24, 2.45) is 0 Å². The standard InChI is InChI=1S/C27H20N2/c1-19-10-9-13-21(18-19)29-25-17-8-6-15-23(25)26-22-14-5-7-16-24(22)28(27(26)29)20-11-3-2-4-12-20/h2-18H,1H3. The zero-order valence-corrected chi connectivity index (χ0v) is 16.2. The zero-order chi connectivity index (χ0) is 19.4. The lowest BCUT2D eigenvalue weighted by Crippen LogP contribution is -2.01. The third-order valence-corrected chi connectivity index (χ3v) is 5.75. The summed E-state index contributed by atoms with van der Waals surface area (Å²) < 4.78 is 4.80. The molecule has 0 unspecified atom stereocenters. The number of fused-ring (bicyclic) bond motifs is 5. The van der Waals surface area contributed by atoms with Crippen LogP contribution < -0.4 is 0 Å². The molecule has 2 heterocycles. The van der Waals surface area contributed by atoms with Gasteiger partial charge >= 0.3 is 0 Å². The summed E-state index contributed by atoms with van der Waals surface area (Å²) in [5.74, 6) is 0. The number of nitrogens with zero attached hydrogens (tertiary/aromatic N) is 2. The van der Waals surface area contributed by atoms with Gasteiger partial charge in [-0.25, -0.2) is 0 Å². The molecule has 0 aliphatic carbocycles. The Bertz CT molecular complexity index is 1500. The first-order chi connectivity index (χ1) is 14.3. The molecular weight excluding hydrogens is 352 g/mol. The van der Waals surface area contributed by atoms with Crippen molar-refractivity contribution in [1.82, 2.24) is 9.13 Å². The maximum Gasteiger partial charge on any atom is 0.131 e. The van der Waals surface area contributed by atoms with Gasteiger partial charge in [-0.15, -0.1) is 0 Å². The molecule has 0 spiro atoms. The van der Waals surface area contributed by atoms with E-state index in [1.807, 2.05) is 0 Å². The van der Waals surface area contributed by atoms with E-state index in [0.717, 1.165) is 0 Å². The molecule has 2 heteroatoms. The van der Waals surface area contributed by atoms with Crippen LogP contribution in [0.2, 0.25) is 0 Å². The van der Waals surface area contributed by atoms with Crippen molar-refractivity contribution in [3.63, 3.8) is 0 Å². The van der Waals surface area contributed by atoms with Crippen molar-refractivity contribution in [2.45, 2.75) is 6.92 Å². The molecule has 2 aromatic heterocycles. The van der Waals surface area contributed by atoms with E-state index >= 15 is 0 Å². The first-order valence-electron chi connectivity index (χ1n) is 9.98. The number of rotatable bonds is 2. The summed E-state index contributed by atoms with van der Waals surface area (Å²) in [5.41, 5.74) is 7.31. The second kappa shape index (κ2) is 6.11. The van der Waals surface area contributed by atoms with Crippen molar-refractivity contribution in [2.75, 3.05) is 0 Å². The van der Waals surface area contributed by atoms with Gasteiger partial charge < -0.3 is 0 Å². The second-order valence-electron chi connectivity index (χ2n) is 7.58. The molecule has 0 saturated heterocycles. The molecule has 0 aliphatic heterocycles. The molecule has 0 N–H and O–H groups in total. The highest BCUT2D eigenvalue weighted by molar-refractivity contribution is 6.22. The number of hydrogen-bond donors (Lipinski definition) is 0. The van der Waals surface area contributed by atoms with Gasteiger partial charge in [0.15, 0.2) is 0 Å². The Morgan fingerprint density at radius 2 is 1.07 bits per heavy atom. The van der Waals surface area contributed by atoms with Crippen LogP contribution in [0.25, 0.3) is 44.2 Å². The molecule has 0 saturated carbocycles. The highest BCUT2D eigenvalue weighted by Crippen LogP contribution is 2.40. The molecule has 6 aromatic rings. The summed E-state index contributed by atoms with van der Waals surface area (Å²) in [6.07, 6.45) is 0. The molecule has 4 aromatic carbocycles. The van der Waals surface area contributed by atoms with E-state index < -0.39 is 0 Å². The summed E-state index contributed by atoms with van der Waals surface area (Å²) in [6, 6.07) is 36.9. The van der Waals surface area contributed by atoms with Crippen LogP contribution in [-0.4, -0.2) is 9.13 Å². The molecule has 0 atom stereocenters. The Labute approximate surface area is 169 Å². The Morgan fingerprint density at radius 1 is 0.517 bits per heavy atom. The van der Waals surface area contributed by atoms with E-state index in [2.05, 4.69) is 119 Å². The molecule has 0 amide bonds. The van der Waals surface area contributed by atoms with Crippen LogP contribution in [0.1, 0.15) is 5.56 Å². The minimum Gasteiger partial charge on any atom is -0.295 e. The molecule has 0 radical (unpaired) electrons. The maximum absolute atomic E-state index is 2.41. The third-order valence-electron chi connectivity index (χ3n) is 5.75. The van der Waals surface area contributed by atoms with Gasteiger partial charge in [0.25, 0.3) is 0 Å². The fourth-order valence-electron chi connectivity index (χ4n) is 4.56. The van der Waals surface area contributed by atoms with Gasteiger partial charge in [0.1, 0.15) is 5.65 Å². The minimum absolute atomic E-state index is 1.18. The summed E-state index contributed by atoms with van der Waals surface area (Å²) in [5, 5.41) is 3.88. The Morgan fingerprint density at radius 3 is 1.72 bits per heavy atom. The summed E-state index contributed by atoms with van der Waals surface area (Å²) in [6.45, 7) is 2.15. The average Bonchev–Trinajstić information content (AvgIpc) is 3.27. The van der Waals surface area contributed by atoms with Crippen LogP contribution in [0, 0.1) is 6.92 Å². The van der Waals surface area contributed by atoms with Crippen LogP contribution in [0.5, 0.6) is 0 Å².